The number of hydrogen-bond acceptors (Lipinski definition) is 3. The fourth-order valence-electron chi connectivity index (χ4n) is 0.628. The summed E-state index contributed by atoms with van der Waals surface area (Å²) >= 11 is 1.46. The highest BCUT2D eigenvalue weighted by molar-refractivity contribution is 7.09. The summed E-state index contributed by atoms with van der Waals surface area (Å²) in [5.41, 5.74) is 4.79. The van der Waals surface area contributed by atoms with Crippen molar-refractivity contribution in [1.29, 1.82) is 0 Å². The van der Waals surface area contributed by atoms with Crippen LogP contribution >= 0.6 is 11.3 Å². The summed E-state index contributed by atoms with van der Waals surface area (Å²) in [4.78, 5) is 11.2. The van der Waals surface area contributed by atoms with Crippen LogP contribution in [0, 0.1) is 0 Å². The molecule has 0 bridgehead atoms. The van der Waals surface area contributed by atoms with Gasteiger partial charge in [0.15, 0.2) is 0 Å². The van der Waals surface area contributed by atoms with Crippen molar-refractivity contribution in [3.8, 4) is 0 Å². The van der Waals surface area contributed by atoms with Gasteiger partial charge in [0.05, 0.1) is 6.54 Å². The SMILES string of the molecule is NC(=O)N(O)Cc1cccs1. The Balaban J connectivity index is 2.50. The molecule has 0 saturated carbocycles. The number of primary amides is 1. The maximum Gasteiger partial charge on any atom is 0.338 e. The van der Waals surface area contributed by atoms with Gasteiger partial charge in [-0.25, -0.2) is 9.86 Å². The van der Waals surface area contributed by atoms with Crippen LogP contribution in [0.25, 0.3) is 0 Å². The summed E-state index contributed by atoms with van der Waals surface area (Å²) in [6.07, 6.45) is 0. The van der Waals surface area contributed by atoms with Gasteiger partial charge in [0.1, 0.15) is 0 Å². The standard InChI is InChI=1S/C6H8N2O2S/c7-6(9)8(10)4-5-2-1-3-11-5/h1-3,10H,4H2,(H2,7,9). The largest absolute Gasteiger partial charge is 0.350 e. The number of hydroxylamine groups is 2. The Bertz CT molecular complexity index is 235. The zero-order chi connectivity index (χ0) is 8.27. The molecule has 5 heteroatoms. The van der Waals surface area contributed by atoms with E-state index < -0.39 is 6.03 Å². The van der Waals surface area contributed by atoms with Crippen molar-refractivity contribution in [2.75, 3.05) is 0 Å². The molecule has 0 unspecified atom stereocenters. The summed E-state index contributed by atoms with van der Waals surface area (Å²) in [5.74, 6) is 0. The lowest BCUT2D eigenvalue weighted by Gasteiger charge is -2.09. The zero-order valence-corrected chi connectivity index (χ0v) is 6.54. The molecule has 60 valence electrons. The Morgan fingerprint density at radius 3 is 3.00 bits per heavy atom. The van der Waals surface area contributed by atoms with E-state index in [2.05, 4.69) is 0 Å². The summed E-state index contributed by atoms with van der Waals surface area (Å²) in [5, 5.41) is 11.2. The topological polar surface area (TPSA) is 66.6 Å². The van der Waals surface area contributed by atoms with Gasteiger partial charge in [-0.05, 0) is 11.4 Å². The summed E-state index contributed by atoms with van der Waals surface area (Å²) in [7, 11) is 0. The van der Waals surface area contributed by atoms with E-state index >= 15 is 0 Å². The van der Waals surface area contributed by atoms with E-state index in [4.69, 9.17) is 10.9 Å². The molecule has 1 rings (SSSR count). The molecular formula is C6H8N2O2S. The third-order valence-corrected chi connectivity index (χ3v) is 2.00. The van der Waals surface area contributed by atoms with Gasteiger partial charge in [-0.15, -0.1) is 11.3 Å². The first-order valence-electron chi connectivity index (χ1n) is 2.98. The maximum atomic E-state index is 10.3. The van der Waals surface area contributed by atoms with E-state index in [0.717, 1.165) is 4.88 Å². The van der Waals surface area contributed by atoms with E-state index in [1.54, 1.807) is 0 Å². The number of nitrogens with zero attached hydrogens (tertiary/aromatic N) is 1. The van der Waals surface area contributed by atoms with Gasteiger partial charge in [-0.1, -0.05) is 6.07 Å². The van der Waals surface area contributed by atoms with E-state index in [0.29, 0.717) is 5.06 Å². The first kappa shape index (κ1) is 8.03. The minimum Gasteiger partial charge on any atom is -0.350 e. The molecule has 0 atom stereocenters. The Labute approximate surface area is 67.8 Å². The molecule has 0 aliphatic rings. The number of carbonyl (C=O) groups is 1. The highest BCUT2D eigenvalue weighted by Crippen LogP contribution is 2.09. The minimum absolute atomic E-state index is 0.160. The molecule has 0 fully saturated rings. The molecule has 1 heterocycles. The maximum absolute atomic E-state index is 10.3. The second-order valence-electron chi connectivity index (χ2n) is 1.98. The number of carbonyl (C=O) groups excluding carboxylic acids is 1. The minimum atomic E-state index is -0.835. The normalized spacial score (nSPS) is 9.55. The smallest absolute Gasteiger partial charge is 0.338 e. The Kier molecular flexibility index (Phi) is 2.45. The van der Waals surface area contributed by atoms with Crippen LogP contribution < -0.4 is 5.73 Å². The number of amides is 2. The molecule has 0 aliphatic carbocycles. The van der Waals surface area contributed by atoms with Crippen LogP contribution in [-0.2, 0) is 6.54 Å². The first-order valence-corrected chi connectivity index (χ1v) is 3.86. The van der Waals surface area contributed by atoms with E-state index in [1.165, 1.54) is 11.3 Å². The highest BCUT2D eigenvalue weighted by atomic mass is 32.1. The van der Waals surface area contributed by atoms with Crippen molar-refractivity contribution in [1.82, 2.24) is 5.06 Å². The third kappa shape index (κ3) is 2.21. The van der Waals surface area contributed by atoms with Gasteiger partial charge >= 0.3 is 6.03 Å². The molecule has 0 aliphatic heterocycles. The summed E-state index contributed by atoms with van der Waals surface area (Å²) in [6, 6.07) is 2.82. The van der Waals surface area contributed by atoms with Gasteiger partial charge in [-0.2, -0.15) is 0 Å². The number of hydrogen-bond donors (Lipinski definition) is 2. The Morgan fingerprint density at radius 1 is 1.82 bits per heavy atom. The van der Waals surface area contributed by atoms with Gasteiger partial charge in [0.2, 0.25) is 0 Å². The summed E-state index contributed by atoms with van der Waals surface area (Å²) in [6.45, 7) is 0.160. The van der Waals surface area contributed by atoms with Crippen molar-refractivity contribution in [2.45, 2.75) is 6.54 Å². The van der Waals surface area contributed by atoms with Crippen molar-refractivity contribution in [3.05, 3.63) is 22.4 Å². The average Bonchev–Trinajstić information content (AvgIpc) is 2.39. The van der Waals surface area contributed by atoms with Crippen molar-refractivity contribution >= 4 is 17.4 Å². The third-order valence-electron chi connectivity index (χ3n) is 1.14. The molecule has 0 saturated heterocycles. The molecule has 3 N–H and O–H groups in total. The number of rotatable bonds is 2. The lowest BCUT2D eigenvalue weighted by Crippen LogP contribution is -2.31. The molecule has 0 aromatic carbocycles. The van der Waals surface area contributed by atoms with Crippen molar-refractivity contribution in [3.63, 3.8) is 0 Å². The molecule has 1 aromatic rings. The zero-order valence-electron chi connectivity index (χ0n) is 5.73. The number of urea groups is 1. The van der Waals surface area contributed by atoms with Crippen LogP contribution in [0.2, 0.25) is 0 Å². The van der Waals surface area contributed by atoms with Crippen LogP contribution in [0.15, 0.2) is 17.5 Å². The molecular weight excluding hydrogens is 164 g/mol. The van der Waals surface area contributed by atoms with Crippen LogP contribution in [0.1, 0.15) is 4.88 Å². The number of thiophene rings is 1. The van der Waals surface area contributed by atoms with Crippen LogP contribution in [0.5, 0.6) is 0 Å². The van der Waals surface area contributed by atoms with E-state index in [9.17, 15) is 4.79 Å². The monoisotopic (exact) mass is 172 g/mol. The molecule has 0 spiro atoms. The quantitative estimate of drug-likeness (QED) is 0.516. The molecule has 0 radical (unpaired) electrons. The van der Waals surface area contributed by atoms with Crippen LogP contribution in [-0.4, -0.2) is 16.3 Å². The van der Waals surface area contributed by atoms with Gasteiger partial charge in [0.25, 0.3) is 0 Å². The molecule has 4 nitrogen and oxygen atoms in total. The molecule has 11 heavy (non-hydrogen) atoms. The number of nitrogens with two attached hydrogens (primary N) is 1. The lowest BCUT2D eigenvalue weighted by atomic mass is 10.5. The highest BCUT2D eigenvalue weighted by Gasteiger charge is 2.05. The van der Waals surface area contributed by atoms with Crippen molar-refractivity contribution in [2.24, 2.45) is 5.73 Å². The van der Waals surface area contributed by atoms with Gasteiger partial charge < -0.3 is 5.73 Å². The predicted octanol–water partition coefficient (Wildman–Crippen LogP) is 1.02. The van der Waals surface area contributed by atoms with Gasteiger partial charge in [-0.3, -0.25) is 5.21 Å². The first-order chi connectivity index (χ1) is 5.20. The molecule has 2 amide bonds. The summed E-state index contributed by atoms with van der Waals surface area (Å²) < 4.78 is 0. The Morgan fingerprint density at radius 2 is 2.55 bits per heavy atom. The second kappa shape index (κ2) is 3.36. The van der Waals surface area contributed by atoms with Crippen LogP contribution in [0.4, 0.5) is 4.79 Å². The predicted molar refractivity (Wildman–Crippen MR) is 41.2 cm³/mol. The fraction of sp³-hybridized carbons (Fsp3) is 0.167. The van der Waals surface area contributed by atoms with Crippen LogP contribution in [0.3, 0.4) is 0 Å². The molecule has 1 aromatic heterocycles. The lowest BCUT2D eigenvalue weighted by molar-refractivity contribution is -0.0462. The van der Waals surface area contributed by atoms with E-state index in [-0.39, 0.29) is 6.54 Å². The average molecular weight is 172 g/mol. The second-order valence-corrected chi connectivity index (χ2v) is 3.01. The Hall–Kier alpha value is -1.07. The van der Waals surface area contributed by atoms with Gasteiger partial charge in [0, 0.05) is 4.88 Å². The van der Waals surface area contributed by atoms with Crippen molar-refractivity contribution < 1.29 is 10.0 Å². The van der Waals surface area contributed by atoms with E-state index in [1.807, 2.05) is 17.5 Å². The fourth-order valence-corrected chi connectivity index (χ4v) is 1.31.